The molecule has 5 nitrogen and oxygen atoms in total. The number of fused-ring (bicyclic) bond motifs is 3. The summed E-state index contributed by atoms with van der Waals surface area (Å²) in [5.41, 5.74) is 2.66. The Kier molecular flexibility index (Phi) is 4.09. The largest absolute Gasteiger partial charge is 0.461 e. The summed E-state index contributed by atoms with van der Waals surface area (Å²) in [7, 11) is 1.90. The summed E-state index contributed by atoms with van der Waals surface area (Å²) in [6.07, 6.45) is 0. The first-order chi connectivity index (χ1) is 12.6. The van der Waals surface area contributed by atoms with Crippen LogP contribution >= 0.6 is 11.6 Å². The summed E-state index contributed by atoms with van der Waals surface area (Å²) in [5.74, 6) is 0.0256. The minimum atomic E-state index is -0.459. The van der Waals surface area contributed by atoms with Gasteiger partial charge in [0, 0.05) is 23.0 Å². The Hall–Kier alpha value is -2.92. The molecule has 0 saturated heterocycles. The Morgan fingerprint density at radius 2 is 1.92 bits per heavy atom. The van der Waals surface area contributed by atoms with Crippen LogP contribution in [0, 0.1) is 0 Å². The van der Waals surface area contributed by atoms with Gasteiger partial charge in [-0.3, -0.25) is 0 Å². The van der Waals surface area contributed by atoms with Crippen LogP contribution in [0.2, 0.25) is 5.02 Å². The highest BCUT2D eigenvalue weighted by Crippen LogP contribution is 2.32. The summed E-state index contributed by atoms with van der Waals surface area (Å²) in [4.78, 5) is 21.9. The first-order valence-corrected chi connectivity index (χ1v) is 8.66. The lowest BCUT2D eigenvalue weighted by Gasteiger charge is -2.07. The Morgan fingerprint density at radius 3 is 2.65 bits per heavy atom. The van der Waals surface area contributed by atoms with Gasteiger partial charge in [-0.1, -0.05) is 48.0 Å². The maximum Gasteiger partial charge on any atom is 0.357 e. The number of aromatic nitrogens is 3. The van der Waals surface area contributed by atoms with Crippen molar-refractivity contribution in [2.45, 2.75) is 6.92 Å². The van der Waals surface area contributed by atoms with Gasteiger partial charge in [-0.15, -0.1) is 0 Å². The second-order valence-electron chi connectivity index (χ2n) is 5.90. The second kappa shape index (κ2) is 6.42. The van der Waals surface area contributed by atoms with Gasteiger partial charge in [-0.2, -0.15) is 0 Å². The smallest absolute Gasteiger partial charge is 0.357 e. The van der Waals surface area contributed by atoms with Gasteiger partial charge in [0.05, 0.1) is 17.5 Å². The summed E-state index contributed by atoms with van der Waals surface area (Å²) >= 11 is 6.16. The molecule has 0 unspecified atom stereocenters. The minimum Gasteiger partial charge on any atom is -0.461 e. The van der Waals surface area contributed by atoms with Crippen LogP contribution in [0.15, 0.2) is 48.5 Å². The molecule has 26 heavy (non-hydrogen) atoms. The first-order valence-electron chi connectivity index (χ1n) is 8.28. The summed E-state index contributed by atoms with van der Waals surface area (Å²) in [5, 5.41) is 2.17. The van der Waals surface area contributed by atoms with Crippen molar-refractivity contribution in [3.63, 3.8) is 0 Å². The fourth-order valence-corrected chi connectivity index (χ4v) is 3.28. The van der Waals surface area contributed by atoms with Crippen LogP contribution in [0.1, 0.15) is 17.4 Å². The lowest BCUT2D eigenvalue weighted by atomic mass is 10.1. The molecular formula is C20H16ClN3O2. The third-order valence-corrected chi connectivity index (χ3v) is 4.53. The van der Waals surface area contributed by atoms with Gasteiger partial charge in [-0.25, -0.2) is 14.8 Å². The van der Waals surface area contributed by atoms with Crippen molar-refractivity contribution in [2.75, 3.05) is 6.61 Å². The minimum absolute atomic E-state index is 0.267. The van der Waals surface area contributed by atoms with E-state index in [4.69, 9.17) is 21.3 Å². The zero-order chi connectivity index (χ0) is 18.3. The van der Waals surface area contributed by atoms with Crippen LogP contribution in [0.3, 0.4) is 0 Å². The highest BCUT2D eigenvalue weighted by Gasteiger charge is 2.22. The average Bonchev–Trinajstić information content (AvgIpc) is 2.94. The van der Waals surface area contributed by atoms with E-state index in [0.717, 1.165) is 16.5 Å². The molecule has 0 radical (unpaired) electrons. The molecule has 0 amide bonds. The van der Waals surface area contributed by atoms with E-state index in [1.807, 2.05) is 54.1 Å². The van der Waals surface area contributed by atoms with Crippen molar-refractivity contribution < 1.29 is 9.53 Å². The van der Waals surface area contributed by atoms with E-state index < -0.39 is 5.97 Å². The fraction of sp³-hybridized carbons (Fsp3) is 0.150. The first kappa shape index (κ1) is 16.5. The molecule has 2 aromatic carbocycles. The van der Waals surface area contributed by atoms with Gasteiger partial charge in [-0.05, 0) is 19.1 Å². The maximum atomic E-state index is 12.6. The van der Waals surface area contributed by atoms with Gasteiger partial charge >= 0.3 is 5.97 Å². The van der Waals surface area contributed by atoms with Gasteiger partial charge in [0.15, 0.2) is 11.5 Å². The molecule has 0 N–H and O–H groups in total. The second-order valence-corrected chi connectivity index (χ2v) is 6.34. The molecule has 0 aliphatic heterocycles. The molecule has 0 bridgehead atoms. The third-order valence-electron chi connectivity index (χ3n) is 4.30. The molecular weight excluding hydrogens is 350 g/mol. The predicted molar refractivity (Wildman–Crippen MR) is 102 cm³/mol. The van der Waals surface area contributed by atoms with Crippen molar-refractivity contribution in [3.8, 4) is 11.4 Å². The van der Waals surface area contributed by atoms with Gasteiger partial charge in [0.2, 0.25) is 0 Å². The van der Waals surface area contributed by atoms with E-state index >= 15 is 0 Å². The molecule has 0 spiro atoms. The van der Waals surface area contributed by atoms with Crippen molar-refractivity contribution in [1.29, 1.82) is 0 Å². The fourth-order valence-electron chi connectivity index (χ4n) is 3.11. The van der Waals surface area contributed by atoms with Gasteiger partial charge in [0.25, 0.3) is 0 Å². The number of rotatable bonds is 3. The molecule has 0 aliphatic carbocycles. The Balaban J connectivity index is 2.11. The normalized spacial score (nSPS) is 11.2. The molecule has 130 valence electrons. The van der Waals surface area contributed by atoms with Crippen molar-refractivity contribution in [2.24, 2.45) is 7.05 Å². The Labute approximate surface area is 155 Å². The topological polar surface area (TPSA) is 57.0 Å². The van der Waals surface area contributed by atoms with Crippen LogP contribution in [0.4, 0.5) is 0 Å². The number of carbonyl (C=O) groups excluding carboxylic acids is 1. The molecule has 2 aromatic heterocycles. The average molecular weight is 366 g/mol. The van der Waals surface area contributed by atoms with E-state index in [1.54, 1.807) is 13.0 Å². The summed E-state index contributed by atoms with van der Waals surface area (Å²) < 4.78 is 7.17. The van der Waals surface area contributed by atoms with Crippen molar-refractivity contribution in [3.05, 3.63) is 59.2 Å². The number of halogens is 1. The number of carbonyl (C=O) groups is 1. The van der Waals surface area contributed by atoms with E-state index in [9.17, 15) is 4.79 Å². The number of benzene rings is 2. The maximum absolute atomic E-state index is 12.6. The van der Waals surface area contributed by atoms with Crippen LogP contribution in [-0.2, 0) is 11.8 Å². The van der Waals surface area contributed by atoms with Crippen LogP contribution in [0.25, 0.3) is 33.3 Å². The molecule has 0 saturated carbocycles. The molecule has 4 rings (SSSR count). The molecule has 0 aliphatic rings. The van der Waals surface area contributed by atoms with E-state index in [1.165, 1.54) is 0 Å². The van der Waals surface area contributed by atoms with Crippen LogP contribution in [0.5, 0.6) is 0 Å². The molecule has 2 heterocycles. The lowest BCUT2D eigenvalue weighted by molar-refractivity contribution is 0.0522. The zero-order valence-corrected chi connectivity index (χ0v) is 15.1. The number of nitrogens with zero attached hydrogens (tertiary/aromatic N) is 3. The van der Waals surface area contributed by atoms with Crippen molar-refractivity contribution in [1.82, 2.24) is 14.5 Å². The van der Waals surface area contributed by atoms with E-state index in [-0.39, 0.29) is 12.3 Å². The standard InChI is InChI=1S/C20H16ClN3O2/c1-3-26-20(25)17-16-14-10-9-13(21)11-15(14)24(2)19(16)23-18(22-17)12-7-5-4-6-8-12/h4-11H,3H2,1-2H3. The summed E-state index contributed by atoms with van der Waals surface area (Å²) in [6, 6.07) is 15.1. The zero-order valence-electron chi connectivity index (χ0n) is 14.4. The van der Waals surface area contributed by atoms with E-state index in [0.29, 0.717) is 21.9 Å². The molecule has 4 aromatic rings. The van der Waals surface area contributed by atoms with Crippen LogP contribution < -0.4 is 0 Å². The SMILES string of the molecule is CCOC(=O)c1nc(-c2ccccc2)nc2c1c1ccc(Cl)cc1n2C. The summed E-state index contributed by atoms with van der Waals surface area (Å²) in [6.45, 7) is 2.05. The monoisotopic (exact) mass is 365 g/mol. The molecule has 0 atom stereocenters. The Bertz CT molecular complexity index is 1140. The quantitative estimate of drug-likeness (QED) is 0.497. The third kappa shape index (κ3) is 2.61. The number of aryl methyl sites for hydroxylation is 1. The van der Waals surface area contributed by atoms with Gasteiger partial charge < -0.3 is 9.30 Å². The van der Waals surface area contributed by atoms with Crippen molar-refractivity contribution >= 4 is 39.5 Å². The van der Waals surface area contributed by atoms with E-state index in [2.05, 4.69) is 4.98 Å². The highest BCUT2D eigenvalue weighted by molar-refractivity contribution is 6.31. The Morgan fingerprint density at radius 1 is 1.15 bits per heavy atom. The number of ether oxygens (including phenoxy) is 1. The van der Waals surface area contributed by atoms with Crippen LogP contribution in [-0.4, -0.2) is 27.1 Å². The predicted octanol–water partition coefficient (Wildman–Crippen LogP) is 4.62. The highest BCUT2D eigenvalue weighted by atomic mass is 35.5. The number of hydrogen-bond donors (Lipinski definition) is 0. The number of hydrogen-bond acceptors (Lipinski definition) is 4. The van der Waals surface area contributed by atoms with Gasteiger partial charge in [0.1, 0.15) is 5.65 Å². The lowest BCUT2D eigenvalue weighted by Crippen LogP contribution is -2.10. The molecule has 6 heteroatoms. The number of esters is 1. The molecule has 0 fully saturated rings.